The minimum atomic E-state index is -0.660. The van der Waals surface area contributed by atoms with Crippen molar-refractivity contribution in [2.75, 3.05) is 11.4 Å². The van der Waals surface area contributed by atoms with E-state index in [4.69, 9.17) is 0 Å². The third kappa shape index (κ3) is 2.58. The Balaban J connectivity index is 1.46. The van der Waals surface area contributed by atoms with Gasteiger partial charge in [-0.3, -0.25) is 4.98 Å². The van der Waals surface area contributed by atoms with Crippen molar-refractivity contribution in [2.45, 2.75) is 37.3 Å². The maximum absolute atomic E-state index is 11.7. The first-order valence-corrected chi connectivity index (χ1v) is 9.60. The lowest BCUT2D eigenvalue weighted by Crippen LogP contribution is -2.50. The highest BCUT2D eigenvalue weighted by atomic mass is 16.3. The molecule has 0 bridgehead atoms. The van der Waals surface area contributed by atoms with E-state index in [1.54, 1.807) is 0 Å². The molecule has 1 aliphatic carbocycles. The van der Waals surface area contributed by atoms with Crippen molar-refractivity contribution in [3.8, 4) is 0 Å². The summed E-state index contributed by atoms with van der Waals surface area (Å²) in [6.45, 7) is 1.03. The predicted molar refractivity (Wildman–Crippen MR) is 105 cm³/mol. The van der Waals surface area contributed by atoms with Gasteiger partial charge in [0.25, 0.3) is 0 Å². The van der Waals surface area contributed by atoms with Gasteiger partial charge in [-0.2, -0.15) is 0 Å². The maximum Gasteiger partial charge on any atom is 0.0892 e. The van der Waals surface area contributed by atoms with Gasteiger partial charge in [0.15, 0.2) is 0 Å². The number of pyridine rings is 1. The number of nitrogens with zero attached hydrogens (tertiary/aromatic N) is 2. The van der Waals surface area contributed by atoms with E-state index in [9.17, 15) is 5.11 Å². The van der Waals surface area contributed by atoms with Crippen molar-refractivity contribution in [1.82, 2.24) is 4.98 Å². The Hall–Kier alpha value is -2.39. The molecule has 1 aliphatic heterocycles. The lowest BCUT2D eigenvalue weighted by atomic mass is 9.86. The molecule has 132 valence electrons. The normalized spacial score (nSPS) is 27.8. The van der Waals surface area contributed by atoms with Crippen LogP contribution in [0, 0.1) is 5.92 Å². The highest BCUT2D eigenvalue weighted by molar-refractivity contribution is 5.83. The minimum Gasteiger partial charge on any atom is -0.387 e. The van der Waals surface area contributed by atoms with E-state index in [0.29, 0.717) is 5.92 Å². The lowest BCUT2D eigenvalue weighted by Gasteiger charge is -2.37. The first-order chi connectivity index (χ1) is 12.7. The largest absolute Gasteiger partial charge is 0.387 e. The maximum atomic E-state index is 11.7. The molecule has 3 heteroatoms. The predicted octanol–water partition coefficient (Wildman–Crippen LogP) is 4.20. The molecule has 0 amide bonds. The van der Waals surface area contributed by atoms with E-state index in [1.807, 2.05) is 12.4 Å². The highest BCUT2D eigenvalue weighted by Gasteiger charge is 2.52. The van der Waals surface area contributed by atoms with E-state index in [0.717, 1.165) is 25.8 Å². The molecule has 0 radical (unpaired) electrons. The summed E-state index contributed by atoms with van der Waals surface area (Å²) in [7, 11) is 0. The summed E-state index contributed by atoms with van der Waals surface area (Å²) in [4.78, 5) is 6.56. The smallest absolute Gasteiger partial charge is 0.0892 e. The summed E-state index contributed by atoms with van der Waals surface area (Å²) in [6, 6.07) is 19.4. The molecule has 1 saturated heterocycles. The Morgan fingerprint density at radius 1 is 1.00 bits per heavy atom. The van der Waals surface area contributed by atoms with Crippen molar-refractivity contribution in [1.29, 1.82) is 0 Å². The average Bonchev–Trinajstić information content (AvgIpc) is 3.24. The van der Waals surface area contributed by atoms with E-state index >= 15 is 0 Å². The van der Waals surface area contributed by atoms with Gasteiger partial charge in [-0.1, -0.05) is 42.5 Å². The van der Waals surface area contributed by atoms with Gasteiger partial charge >= 0.3 is 0 Å². The third-order valence-corrected chi connectivity index (χ3v) is 6.34. The number of fused-ring (bicyclic) bond motifs is 2. The quantitative estimate of drug-likeness (QED) is 0.774. The van der Waals surface area contributed by atoms with E-state index in [2.05, 4.69) is 64.5 Å². The van der Waals surface area contributed by atoms with E-state index in [-0.39, 0.29) is 6.04 Å². The molecular formula is C23H24N2O. The van der Waals surface area contributed by atoms with Gasteiger partial charge in [0.2, 0.25) is 0 Å². The van der Waals surface area contributed by atoms with Gasteiger partial charge in [0.05, 0.1) is 11.6 Å². The van der Waals surface area contributed by atoms with Crippen molar-refractivity contribution in [2.24, 2.45) is 5.92 Å². The molecule has 26 heavy (non-hydrogen) atoms. The number of aromatic nitrogens is 1. The standard InChI is InChI=1S/C23H24N2O/c26-23(16-17-5-6-18-3-1-2-4-20(18)15-17)11-7-19-10-14-25(22(19)23)21-8-12-24-13-9-21/h1-6,8-9,12-13,15,19,22,26H,7,10-11,14,16H2/t19-,22+,23+/m0/s1. The highest BCUT2D eigenvalue weighted by Crippen LogP contribution is 2.47. The van der Waals surface area contributed by atoms with Crippen molar-refractivity contribution in [3.63, 3.8) is 0 Å². The molecule has 1 N–H and O–H groups in total. The van der Waals surface area contributed by atoms with Gasteiger partial charge in [0.1, 0.15) is 0 Å². The Labute approximate surface area is 154 Å². The minimum absolute atomic E-state index is 0.205. The third-order valence-electron chi connectivity index (χ3n) is 6.34. The van der Waals surface area contributed by atoms with Gasteiger partial charge in [-0.05, 0) is 53.6 Å². The van der Waals surface area contributed by atoms with Crippen LogP contribution in [0.5, 0.6) is 0 Å². The van der Waals surface area contributed by atoms with Crippen LogP contribution in [0.4, 0.5) is 5.69 Å². The van der Waals surface area contributed by atoms with Crippen LogP contribution in [0.3, 0.4) is 0 Å². The fourth-order valence-electron chi connectivity index (χ4n) is 5.19. The summed E-state index contributed by atoms with van der Waals surface area (Å²) in [5.74, 6) is 0.591. The van der Waals surface area contributed by atoms with Crippen LogP contribution in [0.15, 0.2) is 67.0 Å². The molecule has 1 aromatic heterocycles. The molecule has 3 aromatic rings. The molecular weight excluding hydrogens is 320 g/mol. The average molecular weight is 344 g/mol. The monoisotopic (exact) mass is 344 g/mol. The number of aliphatic hydroxyl groups is 1. The zero-order valence-electron chi connectivity index (χ0n) is 14.9. The van der Waals surface area contributed by atoms with Crippen molar-refractivity contribution in [3.05, 3.63) is 72.6 Å². The molecule has 2 heterocycles. The summed E-state index contributed by atoms with van der Waals surface area (Å²) in [5, 5.41) is 14.2. The number of rotatable bonds is 3. The van der Waals surface area contributed by atoms with Gasteiger partial charge in [-0.15, -0.1) is 0 Å². The van der Waals surface area contributed by atoms with Crippen molar-refractivity contribution < 1.29 is 5.11 Å². The second-order valence-electron chi connectivity index (χ2n) is 7.89. The van der Waals surface area contributed by atoms with Gasteiger partial charge in [-0.25, -0.2) is 0 Å². The second-order valence-corrected chi connectivity index (χ2v) is 7.89. The van der Waals surface area contributed by atoms with Gasteiger partial charge < -0.3 is 10.0 Å². The fourth-order valence-corrected chi connectivity index (χ4v) is 5.19. The number of hydrogen-bond acceptors (Lipinski definition) is 3. The zero-order valence-corrected chi connectivity index (χ0v) is 14.9. The molecule has 2 fully saturated rings. The van der Waals surface area contributed by atoms with Crippen LogP contribution < -0.4 is 4.90 Å². The van der Waals surface area contributed by atoms with Crippen LogP contribution in [-0.2, 0) is 6.42 Å². The second kappa shape index (κ2) is 6.10. The van der Waals surface area contributed by atoms with Crippen LogP contribution >= 0.6 is 0 Å². The summed E-state index contributed by atoms with van der Waals surface area (Å²) < 4.78 is 0. The Morgan fingerprint density at radius 3 is 2.65 bits per heavy atom. The number of hydrogen-bond donors (Lipinski definition) is 1. The first-order valence-electron chi connectivity index (χ1n) is 9.60. The van der Waals surface area contributed by atoms with Crippen LogP contribution in [0.25, 0.3) is 10.8 Å². The molecule has 2 aliphatic rings. The number of anilines is 1. The van der Waals surface area contributed by atoms with Crippen LogP contribution in [-0.4, -0.2) is 28.3 Å². The Morgan fingerprint density at radius 2 is 1.81 bits per heavy atom. The number of benzene rings is 2. The Kier molecular flexibility index (Phi) is 3.71. The van der Waals surface area contributed by atoms with Crippen LogP contribution in [0.1, 0.15) is 24.8 Å². The summed E-state index contributed by atoms with van der Waals surface area (Å²) >= 11 is 0. The van der Waals surface area contributed by atoms with E-state index < -0.39 is 5.60 Å². The molecule has 2 aromatic carbocycles. The fraction of sp³-hybridized carbons (Fsp3) is 0.348. The first kappa shape index (κ1) is 15.8. The molecule has 3 atom stereocenters. The topological polar surface area (TPSA) is 36.4 Å². The molecule has 0 spiro atoms. The summed E-state index contributed by atoms with van der Waals surface area (Å²) in [6.07, 6.45) is 7.60. The molecule has 5 rings (SSSR count). The molecule has 1 saturated carbocycles. The van der Waals surface area contributed by atoms with Crippen LogP contribution in [0.2, 0.25) is 0 Å². The molecule has 3 nitrogen and oxygen atoms in total. The Bertz CT molecular complexity index is 926. The zero-order chi connectivity index (χ0) is 17.6. The van der Waals surface area contributed by atoms with E-state index in [1.165, 1.54) is 28.4 Å². The SMILES string of the molecule is O[C@@]1(Cc2ccc3ccccc3c2)CC[C@H]2CCN(c3ccncc3)[C@H]21. The van der Waals surface area contributed by atoms with Gasteiger partial charge in [0, 0.05) is 31.0 Å². The summed E-state index contributed by atoms with van der Waals surface area (Å²) in [5.41, 5.74) is 1.76. The van der Waals surface area contributed by atoms with Crippen molar-refractivity contribution >= 4 is 16.5 Å². The lowest BCUT2D eigenvalue weighted by molar-refractivity contribution is 0.0293. The molecule has 0 unspecified atom stereocenters.